The molecule has 104 valence electrons. The van der Waals surface area contributed by atoms with Crippen molar-refractivity contribution in [3.63, 3.8) is 0 Å². The molecule has 1 fully saturated rings. The van der Waals surface area contributed by atoms with Crippen LogP contribution in [0.3, 0.4) is 0 Å². The molecule has 0 aromatic carbocycles. The van der Waals surface area contributed by atoms with Crippen LogP contribution < -0.4 is 0 Å². The second kappa shape index (κ2) is 6.35. The van der Waals surface area contributed by atoms with E-state index in [1.807, 2.05) is 4.90 Å². The van der Waals surface area contributed by atoms with Crippen molar-refractivity contribution in [2.45, 2.75) is 13.8 Å². The van der Waals surface area contributed by atoms with Crippen molar-refractivity contribution >= 4 is 17.5 Å². The smallest absolute Gasteiger partial charge is 0.272 e. The van der Waals surface area contributed by atoms with Crippen LogP contribution in [0.15, 0.2) is 18.3 Å². The van der Waals surface area contributed by atoms with E-state index in [0.717, 1.165) is 32.7 Å². The maximum absolute atomic E-state index is 12.3. The summed E-state index contributed by atoms with van der Waals surface area (Å²) in [5, 5.41) is 0.553. The minimum Gasteiger partial charge on any atom is -0.335 e. The summed E-state index contributed by atoms with van der Waals surface area (Å²) in [6.45, 7) is 8.92. The highest BCUT2D eigenvalue weighted by atomic mass is 35.5. The van der Waals surface area contributed by atoms with E-state index < -0.39 is 0 Å². The Morgan fingerprint density at radius 1 is 1.37 bits per heavy atom. The Morgan fingerprint density at radius 2 is 2.05 bits per heavy atom. The first kappa shape index (κ1) is 14.3. The Hall–Kier alpha value is -1.13. The van der Waals surface area contributed by atoms with Crippen LogP contribution in [0.4, 0.5) is 0 Å². The van der Waals surface area contributed by atoms with Crippen LogP contribution in [0.25, 0.3) is 0 Å². The van der Waals surface area contributed by atoms with Gasteiger partial charge in [0.25, 0.3) is 5.91 Å². The van der Waals surface area contributed by atoms with Crippen LogP contribution in [0.1, 0.15) is 24.3 Å². The first-order valence-electron chi connectivity index (χ1n) is 6.69. The van der Waals surface area contributed by atoms with Gasteiger partial charge in [0.15, 0.2) is 0 Å². The van der Waals surface area contributed by atoms with Gasteiger partial charge in [-0.3, -0.25) is 14.7 Å². The molecule has 4 nitrogen and oxygen atoms in total. The maximum Gasteiger partial charge on any atom is 0.272 e. The van der Waals surface area contributed by atoms with Gasteiger partial charge in [-0.1, -0.05) is 25.4 Å². The summed E-state index contributed by atoms with van der Waals surface area (Å²) in [4.78, 5) is 20.6. The molecule has 5 heteroatoms. The average molecular weight is 282 g/mol. The molecular weight excluding hydrogens is 262 g/mol. The molecule has 1 aliphatic rings. The number of carbonyl (C=O) groups excluding carboxylic acids is 1. The zero-order valence-corrected chi connectivity index (χ0v) is 12.2. The van der Waals surface area contributed by atoms with Crippen molar-refractivity contribution in [2.24, 2.45) is 5.92 Å². The van der Waals surface area contributed by atoms with Gasteiger partial charge in [0, 0.05) is 43.9 Å². The lowest BCUT2D eigenvalue weighted by molar-refractivity contribution is 0.0618. The number of carbonyl (C=O) groups is 1. The highest BCUT2D eigenvalue weighted by molar-refractivity contribution is 6.30. The van der Waals surface area contributed by atoms with Crippen molar-refractivity contribution in [3.05, 3.63) is 29.0 Å². The molecule has 1 aliphatic heterocycles. The summed E-state index contributed by atoms with van der Waals surface area (Å²) in [5.74, 6) is 0.642. The van der Waals surface area contributed by atoms with Crippen molar-refractivity contribution in [1.29, 1.82) is 0 Å². The second-order valence-corrected chi connectivity index (χ2v) is 5.78. The molecule has 1 aromatic rings. The number of pyridine rings is 1. The molecule has 1 aromatic heterocycles. The molecule has 0 aliphatic carbocycles. The molecule has 0 saturated carbocycles. The molecular formula is C14H20ClN3O. The quantitative estimate of drug-likeness (QED) is 0.852. The van der Waals surface area contributed by atoms with Crippen LogP contribution >= 0.6 is 11.6 Å². The van der Waals surface area contributed by atoms with Crippen molar-refractivity contribution in [1.82, 2.24) is 14.8 Å². The third kappa shape index (κ3) is 3.91. The Morgan fingerprint density at radius 3 is 2.63 bits per heavy atom. The number of halogens is 1. The van der Waals surface area contributed by atoms with Crippen LogP contribution in [-0.4, -0.2) is 53.4 Å². The molecule has 0 bridgehead atoms. The zero-order chi connectivity index (χ0) is 13.8. The summed E-state index contributed by atoms with van der Waals surface area (Å²) in [7, 11) is 0. The van der Waals surface area contributed by atoms with E-state index in [0.29, 0.717) is 16.6 Å². The predicted octanol–water partition coefficient (Wildman–Crippen LogP) is 2.15. The first-order valence-corrected chi connectivity index (χ1v) is 7.07. The van der Waals surface area contributed by atoms with Gasteiger partial charge in [0.2, 0.25) is 0 Å². The fraction of sp³-hybridized carbons (Fsp3) is 0.571. The number of hydrogen-bond donors (Lipinski definition) is 0. The van der Waals surface area contributed by atoms with Gasteiger partial charge in [0.1, 0.15) is 5.69 Å². The lowest BCUT2D eigenvalue weighted by Crippen LogP contribution is -2.49. The number of amides is 1. The molecule has 0 N–H and O–H groups in total. The monoisotopic (exact) mass is 281 g/mol. The zero-order valence-electron chi connectivity index (χ0n) is 11.5. The Balaban J connectivity index is 1.92. The van der Waals surface area contributed by atoms with Gasteiger partial charge < -0.3 is 4.90 Å². The van der Waals surface area contributed by atoms with E-state index in [-0.39, 0.29) is 5.91 Å². The lowest BCUT2D eigenvalue weighted by Gasteiger charge is -2.35. The molecule has 2 rings (SSSR count). The van der Waals surface area contributed by atoms with E-state index in [4.69, 9.17) is 11.6 Å². The van der Waals surface area contributed by atoms with E-state index in [9.17, 15) is 4.79 Å². The van der Waals surface area contributed by atoms with Gasteiger partial charge in [0.05, 0.1) is 0 Å². The Bertz CT molecular complexity index is 442. The molecule has 1 amide bonds. The third-order valence-corrected chi connectivity index (χ3v) is 3.46. The number of hydrogen-bond acceptors (Lipinski definition) is 3. The number of aromatic nitrogens is 1. The highest BCUT2D eigenvalue weighted by Crippen LogP contribution is 2.12. The molecule has 0 radical (unpaired) electrons. The van der Waals surface area contributed by atoms with E-state index >= 15 is 0 Å². The highest BCUT2D eigenvalue weighted by Gasteiger charge is 2.23. The van der Waals surface area contributed by atoms with Crippen molar-refractivity contribution in [3.8, 4) is 0 Å². The molecule has 0 spiro atoms. The normalized spacial score (nSPS) is 16.9. The van der Waals surface area contributed by atoms with Crippen molar-refractivity contribution in [2.75, 3.05) is 32.7 Å². The minimum absolute atomic E-state index is 0.0216. The second-order valence-electron chi connectivity index (χ2n) is 5.35. The largest absolute Gasteiger partial charge is 0.335 e. The van der Waals surface area contributed by atoms with Crippen LogP contribution in [-0.2, 0) is 0 Å². The topological polar surface area (TPSA) is 36.4 Å². The minimum atomic E-state index is -0.0216. The standard InChI is InChI=1S/C14H20ClN3O/c1-11(2)10-17-5-7-18(8-6-17)14(19)13-9-12(15)3-4-16-13/h3-4,9,11H,5-8,10H2,1-2H3. The predicted molar refractivity (Wildman–Crippen MR) is 76.4 cm³/mol. The molecule has 2 heterocycles. The molecule has 0 atom stereocenters. The molecule has 0 unspecified atom stereocenters. The van der Waals surface area contributed by atoms with E-state index in [1.54, 1.807) is 18.3 Å². The van der Waals surface area contributed by atoms with Crippen LogP contribution in [0.5, 0.6) is 0 Å². The molecule has 1 saturated heterocycles. The SMILES string of the molecule is CC(C)CN1CCN(C(=O)c2cc(Cl)ccn2)CC1. The third-order valence-electron chi connectivity index (χ3n) is 3.22. The average Bonchev–Trinajstić information content (AvgIpc) is 2.38. The summed E-state index contributed by atoms with van der Waals surface area (Å²) in [6, 6.07) is 3.31. The van der Waals surface area contributed by atoms with Crippen molar-refractivity contribution < 1.29 is 4.79 Å². The van der Waals surface area contributed by atoms with Gasteiger partial charge in [-0.05, 0) is 18.1 Å². The van der Waals surface area contributed by atoms with Gasteiger partial charge in [-0.15, -0.1) is 0 Å². The Labute approximate surface area is 119 Å². The van der Waals surface area contributed by atoms with Crippen LogP contribution in [0, 0.1) is 5.92 Å². The van der Waals surface area contributed by atoms with Gasteiger partial charge >= 0.3 is 0 Å². The number of piperazine rings is 1. The summed E-state index contributed by atoms with van der Waals surface area (Å²) in [6.07, 6.45) is 1.57. The van der Waals surface area contributed by atoms with Crippen LogP contribution in [0.2, 0.25) is 5.02 Å². The molecule has 19 heavy (non-hydrogen) atoms. The summed E-state index contributed by atoms with van der Waals surface area (Å²) >= 11 is 5.89. The summed E-state index contributed by atoms with van der Waals surface area (Å²) in [5.41, 5.74) is 0.435. The summed E-state index contributed by atoms with van der Waals surface area (Å²) < 4.78 is 0. The van der Waals surface area contributed by atoms with E-state index in [1.165, 1.54) is 0 Å². The maximum atomic E-state index is 12.3. The van der Waals surface area contributed by atoms with Gasteiger partial charge in [-0.2, -0.15) is 0 Å². The number of nitrogens with zero attached hydrogens (tertiary/aromatic N) is 3. The Kier molecular flexibility index (Phi) is 4.77. The fourth-order valence-electron chi connectivity index (χ4n) is 2.33. The van der Waals surface area contributed by atoms with E-state index in [2.05, 4.69) is 23.7 Å². The fourth-order valence-corrected chi connectivity index (χ4v) is 2.49. The lowest BCUT2D eigenvalue weighted by atomic mass is 10.2. The number of rotatable bonds is 3. The van der Waals surface area contributed by atoms with Gasteiger partial charge in [-0.25, -0.2) is 0 Å². The first-order chi connectivity index (χ1) is 9.06.